The maximum atomic E-state index is 12.5. The number of rotatable bonds is 7. The van der Waals surface area contributed by atoms with Crippen molar-refractivity contribution >= 4 is 17.5 Å². The summed E-state index contributed by atoms with van der Waals surface area (Å²) in [5, 5.41) is 13.9. The lowest BCUT2D eigenvalue weighted by atomic mass is 9.76. The smallest absolute Gasteiger partial charge is 0.223 e. The van der Waals surface area contributed by atoms with Gasteiger partial charge < -0.3 is 15.2 Å². The molecule has 1 amide bonds. The highest BCUT2D eigenvalue weighted by molar-refractivity contribution is 6.32. The lowest BCUT2D eigenvalue weighted by Crippen LogP contribution is -2.48. The van der Waals surface area contributed by atoms with Crippen LogP contribution in [0.4, 0.5) is 0 Å². The van der Waals surface area contributed by atoms with Gasteiger partial charge in [-0.1, -0.05) is 23.7 Å². The Balaban J connectivity index is 1.42. The SMILES string of the molecule is C=CCc1ccc(Cl)c(OC2CC(C(=O)NC3CCC(C(C)(C)O)CC3)C2)c1. The van der Waals surface area contributed by atoms with Gasteiger partial charge >= 0.3 is 0 Å². The van der Waals surface area contributed by atoms with E-state index < -0.39 is 5.60 Å². The van der Waals surface area contributed by atoms with Crippen molar-refractivity contribution in [2.24, 2.45) is 11.8 Å². The number of aliphatic hydroxyl groups is 1. The van der Waals surface area contributed by atoms with Gasteiger partial charge in [0.05, 0.1) is 10.6 Å². The summed E-state index contributed by atoms with van der Waals surface area (Å²) < 4.78 is 6.02. The molecule has 0 aromatic heterocycles. The first kappa shape index (κ1) is 21.2. The molecule has 28 heavy (non-hydrogen) atoms. The highest BCUT2D eigenvalue weighted by Gasteiger charge is 2.38. The summed E-state index contributed by atoms with van der Waals surface area (Å²) in [6.07, 6.45) is 7.94. The van der Waals surface area contributed by atoms with Crippen molar-refractivity contribution < 1.29 is 14.6 Å². The Hall–Kier alpha value is -1.52. The van der Waals surface area contributed by atoms with Gasteiger partial charge in [0.15, 0.2) is 0 Å². The van der Waals surface area contributed by atoms with Crippen molar-refractivity contribution in [3.05, 3.63) is 41.4 Å². The number of benzene rings is 1. The second kappa shape index (κ2) is 8.87. The second-order valence-corrected chi connectivity index (χ2v) is 9.28. The van der Waals surface area contributed by atoms with Crippen molar-refractivity contribution in [1.82, 2.24) is 5.32 Å². The molecular weight excluding hydrogens is 374 g/mol. The van der Waals surface area contributed by atoms with E-state index in [0.717, 1.165) is 50.5 Å². The van der Waals surface area contributed by atoms with E-state index in [9.17, 15) is 9.90 Å². The zero-order chi connectivity index (χ0) is 20.3. The maximum absolute atomic E-state index is 12.5. The van der Waals surface area contributed by atoms with Crippen LogP contribution in [-0.2, 0) is 11.2 Å². The minimum absolute atomic E-state index is 0.0205. The molecule has 4 nitrogen and oxygen atoms in total. The topological polar surface area (TPSA) is 58.6 Å². The fourth-order valence-electron chi connectivity index (χ4n) is 4.25. The van der Waals surface area contributed by atoms with Crippen LogP contribution >= 0.6 is 11.6 Å². The van der Waals surface area contributed by atoms with E-state index in [-0.39, 0.29) is 24.0 Å². The van der Waals surface area contributed by atoms with Crippen LogP contribution in [0.1, 0.15) is 57.9 Å². The fraction of sp³-hybridized carbons (Fsp3) is 0.609. The molecule has 5 heteroatoms. The molecule has 0 saturated heterocycles. The average molecular weight is 406 g/mol. The van der Waals surface area contributed by atoms with E-state index >= 15 is 0 Å². The van der Waals surface area contributed by atoms with Crippen LogP contribution in [0.3, 0.4) is 0 Å². The third kappa shape index (κ3) is 5.30. The van der Waals surface area contributed by atoms with Crippen LogP contribution < -0.4 is 10.1 Å². The van der Waals surface area contributed by atoms with Crippen LogP contribution in [-0.4, -0.2) is 28.8 Å². The molecule has 1 aromatic rings. The summed E-state index contributed by atoms with van der Waals surface area (Å²) in [6.45, 7) is 7.52. The minimum atomic E-state index is -0.627. The van der Waals surface area contributed by atoms with E-state index in [1.807, 2.05) is 38.1 Å². The Morgan fingerprint density at radius 1 is 1.32 bits per heavy atom. The van der Waals surface area contributed by atoms with E-state index in [0.29, 0.717) is 16.7 Å². The van der Waals surface area contributed by atoms with Gasteiger partial charge in [-0.05, 0) is 82.4 Å². The minimum Gasteiger partial charge on any atom is -0.489 e. The number of allylic oxidation sites excluding steroid dienone is 1. The Labute approximate surface area is 173 Å². The molecule has 3 rings (SSSR count). The number of amides is 1. The van der Waals surface area contributed by atoms with Gasteiger partial charge in [0.1, 0.15) is 11.9 Å². The molecule has 2 fully saturated rings. The molecule has 1 aromatic carbocycles. The fourth-order valence-corrected chi connectivity index (χ4v) is 4.41. The van der Waals surface area contributed by atoms with Crippen LogP contribution in [0.2, 0.25) is 5.02 Å². The molecule has 0 radical (unpaired) electrons. The van der Waals surface area contributed by atoms with E-state index in [4.69, 9.17) is 16.3 Å². The van der Waals surface area contributed by atoms with Crippen molar-refractivity contribution in [3.63, 3.8) is 0 Å². The number of hydrogen-bond acceptors (Lipinski definition) is 3. The Kier molecular flexibility index (Phi) is 6.72. The van der Waals surface area contributed by atoms with E-state index in [2.05, 4.69) is 11.9 Å². The highest BCUT2D eigenvalue weighted by atomic mass is 35.5. The number of ether oxygens (including phenoxy) is 1. The third-order valence-corrected chi connectivity index (χ3v) is 6.52. The quantitative estimate of drug-likeness (QED) is 0.648. The number of nitrogens with one attached hydrogen (secondary N) is 1. The standard InChI is InChI=1S/C23H32ClNO3/c1-4-5-15-6-11-20(24)21(12-15)28-19-13-16(14-19)22(26)25-18-9-7-17(8-10-18)23(2,3)27/h4,6,11-12,16-19,27H,1,5,7-10,13-14H2,2-3H3,(H,25,26). The largest absolute Gasteiger partial charge is 0.489 e. The van der Waals surface area contributed by atoms with Gasteiger partial charge in [-0.15, -0.1) is 6.58 Å². The molecule has 0 aliphatic heterocycles. The molecule has 2 aliphatic carbocycles. The number of halogens is 1. The first-order chi connectivity index (χ1) is 13.3. The molecule has 154 valence electrons. The van der Waals surface area contributed by atoms with Crippen molar-refractivity contribution in [2.45, 2.75) is 76.5 Å². The van der Waals surface area contributed by atoms with E-state index in [1.165, 1.54) is 0 Å². The van der Waals surface area contributed by atoms with Gasteiger partial charge in [-0.2, -0.15) is 0 Å². The van der Waals surface area contributed by atoms with Crippen molar-refractivity contribution in [1.29, 1.82) is 0 Å². The first-order valence-electron chi connectivity index (χ1n) is 10.3. The number of carbonyl (C=O) groups excluding carboxylic acids is 1. The molecule has 0 bridgehead atoms. The van der Waals surface area contributed by atoms with Crippen LogP contribution in [0.25, 0.3) is 0 Å². The maximum Gasteiger partial charge on any atom is 0.223 e. The predicted molar refractivity (Wildman–Crippen MR) is 113 cm³/mol. The van der Waals surface area contributed by atoms with Gasteiger partial charge in [0, 0.05) is 12.0 Å². The molecular formula is C23H32ClNO3. The van der Waals surface area contributed by atoms with Gasteiger partial charge in [0.25, 0.3) is 0 Å². The Morgan fingerprint density at radius 3 is 2.61 bits per heavy atom. The summed E-state index contributed by atoms with van der Waals surface area (Å²) in [7, 11) is 0. The van der Waals surface area contributed by atoms with Crippen molar-refractivity contribution in [2.75, 3.05) is 0 Å². The van der Waals surface area contributed by atoms with Crippen molar-refractivity contribution in [3.8, 4) is 5.75 Å². The number of carbonyl (C=O) groups is 1. The highest BCUT2D eigenvalue weighted by Crippen LogP contribution is 2.36. The lowest BCUT2D eigenvalue weighted by Gasteiger charge is -2.38. The normalized spacial score (nSPS) is 27.6. The lowest BCUT2D eigenvalue weighted by molar-refractivity contribution is -0.131. The first-order valence-corrected chi connectivity index (χ1v) is 10.7. The summed E-state index contributed by atoms with van der Waals surface area (Å²) >= 11 is 6.25. The van der Waals surface area contributed by atoms with Crippen LogP contribution in [0.5, 0.6) is 5.75 Å². The second-order valence-electron chi connectivity index (χ2n) is 8.88. The zero-order valence-electron chi connectivity index (χ0n) is 16.9. The van der Waals surface area contributed by atoms with Crippen LogP contribution in [0.15, 0.2) is 30.9 Å². The molecule has 0 atom stereocenters. The predicted octanol–water partition coefficient (Wildman–Crippen LogP) is 4.67. The van der Waals surface area contributed by atoms with Gasteiger partial charge in [0.2, 0.25) is 5.91 Å². The van der Waals surface area contributed by atoms with Gasteiger partial charge in [-0.3, -0.25) is 4.79 Å². The van der Waals surface area contributed by atoms with Crippen LogP contribution in [0, 0.1) is 11.8 Å². The molecule has 2 N–H and O–H groups in total. The average Bonchev–Trinajstić information content (AvgIpc) is 2.60. The van der Waals surface area contributed by atoms with Gasteiger partial charge in [-0.25, -0.2) is 0 Å². The third-order valence-electron chi connectivity index (χ3n) is 6.21. The molecule has 0 spiro atoms. The molecule has 0 heterocycles. The van der Waals surface area contributed by atoms with E-state index in [1.54, 1.807) is 0 Å². The Morgan fingerprint density at radius 2 is 2.00 bits per heavy atom. The monoisotopic (exact) mass is 405 g/mol. The molecule has 2 aliphatic rings. The summed E-state index contributed by atoms with van der Waals surface area (Å²) in [6, 6.07) is 6.01. The summed E-state index contributed by atoms with van der Waals surface area (Å²) in [4.78, 5) is 12.5. The summed E-state index contributed by atoms with van der Waals surface area (Å²) in [5.74, 6) is 1.17. The zero-order valence-corrected chi connectivity index (χ0v) is 17.7. The molecule has 0 unspecified atom stereocenters. The molecule has 2 saturated carbocycles. The number of hydrogen-bond donors (Lipinski definition) is 2. The summed E-state index contributed by atoms with van der Waals surface area (Å²) in [5.41, 5.74) is 0.488. The Bertz CT molecular complexity index is 698.